The van der Waals surface area contributed by atoms with Crippen LogP contribution >= 0.6 is 0 Å². The van der Waals surface area contributed by atoms with E-state index in [-0.39, 0.29) is 18.7 Å². The monoisotopic (exact) mass is 289 g/mol. The number of carboxylic acid groups (broad SMARTS) is 1. The van der Waals surface area contributed by atoms with Crippen LogP contribution in [0.3, 0.4) is 0 Å². The van der Waals surface area contributed by atoms with Gasteiger partial charge in [0.15, 0.2) is 0 Å². The number of carboxylic acids is 1. The Balaban J connectivity index is 2.21. The lowest BCUT2D eigenvalue weighted by atomic mass is 9.84. The molecule has 0 fully saturated rings. The molecule has 1 aromatic carbocycles. The Morgan fingerprint density at radius 3 is 2.67 bits per heavy atom. The number of carbonyl (C=O) groups excluding carboxylic acids is 1. The zero-order valence-electron chi connectivity index (χ0n) is 13.0. The second kappa shape index (κ2) is 5.88. The summed E-state index contributed by atoms with van der Waals surface area (Å²) >= 11 is 0. The summed E-state index contributed by atoms with van der Waals surface area (Å²) in [4.78, 5) is 25.4. The van der Waals surface area contributed by atoms with E-state index in [1.807, 2.05) is 37.8 Å². The number of nitrogens with zero attached hydrogens (tertiary/aromatic N) is 1. The standard InChI is InChI=1S/C17H23NO3/c1-12-6-4-7-13-8-5-9-18(16(12)13)14(19)10-17(2,3)11-15(20)21/h4,6-7H,5,8-11H2,1-3H3,(H,20,21). The zero-order valence-corrected chi connectivity index (χ0v) is 13.0. The van der Waals surface area contributed by atoms with Gasteiger partial charge in [0.1, 0.15) is 0 Å². The van der Waals surface area contributed by atoms with Crippen LogP contribution < -0.4 is 4.90 Å². The van der Waals surface area contributed by atoms with E-state index in [0.717, 1.165) is 30.6 Å². The SMILES string of the molecule is Cc1cccc2c1N(C(=O)CC(C)(C)CC(=O)O)CCC2. The van der Waals surface area contributed by atoms with Gasteiger partial charge >= 0.3 is 5.97 Å². The number of carbonyl (C=O) groups is 2. The zero-order chi connectivity index (χ0) is 15.6. The van der Waals surface area contributed by atoms with E-state index in [4.69, 9.17) is 5.11 Å². The number of anilines is 1. The molecule has 1 aliphatic rings. The average molecular weight is 289 g/mol. The lowest BCUT2D eigenvalue weighted by Crippen LogP contribution is -2.38. The molecule has 0 unspecified atom stereocenters. The number of para-hydroxylation sites is 1. The highest BCUT2D eigenvalue weighted by Gasteiger charge is 2.30. The van der Waals surface area contributed by atoms with E-state index in [0.29, 0.717) is 0 Å². The van der Waals surface area contributed by atoms with Crippen molar-refractivity contribution in [2.75, 3.05) is 11.4 Å². The Kier molecular flexibility index (Phi) is 4.35. The topological polar surface area (TPSA) is 57.6 Å². The van der Waals surface area contributed by atoms with Gasteiger partial charge in [0.05, 0.1) is 6.42 Å². The second-order valence-electron chi connectivity index (χ2n) is 6.64. The van der Waals surface area contributed by atoms with Crippen molar-refractivity contribution in [1.29, 1.82) is 0 Å². The van der Waals surface area contributed by atoms with Crippen molar-refractivity contribution < 1.29 is 14.7 Å². The summed E-state index contributed by atoms with van der Waals surface area (Å²) in [5.74, 6) is -0.834. The number of rotatable bonds is 4. The van der Waals surface area contributed by atoms with E-state index < -0.39 is 11.4 Å². The predicted molar refractivity (Wildman–Crippen MR) is 82.5 cm³/mol. The van der Waals surface area contributed by atoms with Crippen LogP contribution in [0.2, 0.25) is 0 Å². The van der Waals surface area contributed by atoms with E-state index in [1.165, 1.54) is 5.56 Å². The minimum absolute atomic E-state index is 0.00715. The first kappa shape index (κ1) is 15.5. The Bertz CT molecular complexity index is 563. The molecule has 0 aliphatic carbocycles. The molecule has 0 saturated heterocycles. The summed E-state index contributed by atoms with van der Waals surface area (Å²) in [7, 11) is 0. The summed E-state index contributed by atoms with van der Waals surface area (Å²) in [5.41, 5.74) is 2.82. The van der Waals surface area contributed by atoms with E-state index in [2.05, 4.69) is 6.07 Å². The van der Waals surface area contributed by atoms with Crippen molar-refractivity contribution >= 4 is 17.6 Å². The summed E-state index contributed by atoms with van der Waals surface area (Å²) in [6, 6.07) is 6.12. The highest BCUT2D eigenvalue weighted by molar-refractivity contribution is 5.96. The Hall–Kier alpha value is -1.84. The van der Waals surface area contributed by atoms with Gasteiger partial charge in [-0.3, -0.25) is 9.59 Å². The van der Waals surface area contributed by atoms with Crippen LogP contribution in [0, 0.1) is 12.3 Å². The van der Waals surface area contributed by atoms with Gasteiger partial charge in [0.25, 0.3) is 0 Å². The number of aryl methyl sites for hydroxylation is 2. The first-order valence-corrected chi connectivity index (χ1v) is 7.41. The third kappa shape index (κ3) is 3.63. The van der Waals surface area contributed by atoms with Crippen LogP contribution in [0.25, 0.3) is 0 Å². The molecule has 0 aromatic heterocycles. The Labute approximate surface area is 125 Å². The minimum Gasteiger partial charge on any atom is -0.481 e. The van der Waals surface area contributed by atoms with Crippen molar-refractivity contribution in [3.8, 4) is 0 Å². The van der Waals surface area contributed by atoms with Gasteiger partial charge in [-0.15, -0.1) is 0 Å². The van der Waals surface area contributed by atoms with Crippen LogP contribution in [-0.2, 0) is 16.0 Å². The Morgan fingerprint density at radius 1 is 1.29 bits per heavy atom. The largest absolute Gasteiger partial charge is 0.481 e. The molecule has 4 nitrogen and oxygen atoms in total. The smallest absolute Gasteiger partial charge is 0.303 e. The van der Waals surface area contributed by atoms with Crippen molar-refractivity contribution in [1.82, 2.24) is 0 Å². The van der Waals surface area contributed by atoms with Gasteiger partial charge in [-0.1, -0.05) is 32.0 Å². The molecule has 21 heavy (non-hydrogen) atoms. The fraction of sp³-hybridized carbons (Fsp3) is 0.529. The molecule has 1 heterocycles. The van der Waals surface area contributed by atoms with Crippen LogP contribution in [-0.4, -0.2) is 23.5 Å². The van der Waals surface area contributed by atoms with Crippen molar-refractivity contribution in [2.24, 2.45) is 5.41 Å². The molecule has 2 rings (SSSR count). The lowest BCUT2D eigenvalue weighted by Gasteiger charge is -2.33. The van der Waals surface area contributed by atoms with Gasteiger partial charge in [-0.2, -0.15) is 0 Å². The number of hydrogen-bond acceptors (Lipinski definition) is 2. The third-order valence-corrected chi connectivity index (χ3v) is 3.98. The molecule has 1 aromatic rings. The summed E-state index contributed by atoms with van der Waals surface area (Å²) in [6.07, 6.45) is 2.22. The normalized spacial score (nSPS) is 14.7. The molecule has 0 atom stereocenters. The number of amides is 1. The number of benzene rings is 1. The van der Waals surface area contributed by atoms with Crippen LogP contribution in [0.4, 0.5) is 5.69 Å². The molecule has 114 valence electrons. The van der Waals surface area contributed by atoms with Crippen LogP contribution in [0.1, 0.15) is 44.2 Å². The van der Waals surface area contributed by atoms with Crippen molar-refractivity contribution in [3.63, 3.8) is 0 Å². The van der Waals surface area contributed by atoms with Gasteiger partial charge in [-0.05, 0) is 36.3 Å². The molecule has 4 heteroatoms. The molecule has 0 saturated carbocycles. The van der Waals surface area contributed by atoms with Crippen LogP contribution in [0.5, 0.6) is 0 Å². The van der Waals surface area contributed by atoms with E-state index >= 15 is 0 Å². The van der Waals surface area contributed by atoms with Crippen molar-refractivity contribution in [2.45, 2.75) is 46.5 Å². The van der Waals surface area contributed by atoms with E-state index in [1.54, 1.807) is 0 Å². The van der Waals surface area contributed by atoms with Gasteiger partial charge in [0.2, 0.25) is 5.91 Å². The molecule has 0 bridgehead atoms. The van der Waals surface area contributed by atoms with E-state index in [9.17, 15) is 9.59 Å². The van der Waals surface area contributed by atoms with Crippen LogP contribution in [0.15, 0.2) is 18.2 Å². The second-order valence-corrected chi connectivity index (χ2v) is 6.64. The predicted octanol–water partition coefficient (Wildman–Crippen LogP) is 3.17. The fourth-order valence-corrected chi connectivity index (χ4v) is 3.07. The lowest BCUT2D eigenvalue weighted by molar-refractivity contribution is -0.139. The van der Waals surface area contributed by atoms with Gasteiger partial charge in [-0.25, -0.2) is 0 Å². The third-order valence-electron chi connectivity index (χ3n) is 3.98. The molecule has 0 spiro atoms. The Morgan fingerprint density at radius 2 is 2.00 bits per heavy atom. The number of hydrogen-bond donors (Lipinski definition) is 1. The maximum Gasteiger partial charge on any atom is 0.303 e. The fourth-order valence-electron chi connectivity index (χ4n) is 3.07. The quantitative estimate of drug-likeness (QED) is 0.926. The molecular weight excluding hydrogens is 266 g/mol. The highest BCUT2D eigenvalue weighted by atomic mass is 16.4. The first-order valence-electron chi connectivity index (χ1n) is 7.41. The minimum atomic E-state index is -0.858. The first-order chi connectivity index (χ1) is 9.80. The average Bonchev–Trinajstić information content (AvgIpc) is 2.36. The number of fused-ring (bicyclic) bond motifs is 1. The number of aliphatic carboxylic acids is 1. The summed E-state index contributed by atoms with van der Waals surface area (Å²) in [6.45, 7) is 6.41. The molecule has 1 amide bonds. The molecule has 0 radical (unpaired) electrons. The van der Waals surface area contributed by atoms with Gasteiger partial charge in [0, 0.05) is 18.7 Å². The highest BCUT2D eigenvalue weighted by Crippen LogP contribution is 2.33. The molecule has 1 N–H and O–H groups in total. The molecule has 1 aliphatic heterocycles. The summed E-state index contributed by atoms with van der Waals surface area (Å²) in [5, 5.41) is 8.95. The van der Waals surface area contributed by atoms with Crippen molar-refractivity contribution in [3.05, 3.63) is 29.3 Å². The van der Waals surface area contributed by atoms with Gasteiger partial charge < -0.3 is 10.0 Å². The maximum absolute atomic E-state index is 12.6. The summed E-state index contributed by atoms with van der Waals surface area (Å²) < 4.78 is 0. The molecular formula is C17H23NO3. The maximum atomic E-state index is 12.6.